The summed E-state index contributed by atoms with van der Waals surface area (Å²) in [7, 11) is 0. The van der Waals surface area contributed by atoms with E-state index in [0.717, 1.165) is 32.0 Å². The quantitative estimate of drug-likeness (QED) is 0.690. The summed E-state index contributed by atoms with van der Waals surface area (Å²) in [6, 6.07) is 3.38. The van der Waals surface area contributed by atoms with Gasteiger partial charge >= 0.3 is 0 Å². The highest BCUT2D eigenvalue weighted by Crippen LogP contribution is 2.12. The molecule has 1 aromatic heterocycles. The van der Waals surface area contributed by atoms with Crippen molar-refractivity contribution in [3.05, 3.63) is 23.9 Å². The maximum Gasteiger partial charge on any atom is 0.248 e. The van der Waals surface area contributed by atoms with E-state index in [9.17, 15) is 4.79 Å². The van der Waals surface area contributed by atoms with E-state index < -0.39 is 5.91 Å². The highest BCUT2D eigenvalue weighted by atomic mass is 16.1. The first-order chi connectivity index (χ1) is 7.27. The maximum atomic E-state index is 11.0. The van der Waals surface area contributed by atoms with Gasteiger partial charge in [0.1, 0.15) is 5.82 Å². The highest BCUT2D eigenvalue weighted by molar-refractivity contribution is 5.93. The van der Waals surface area contributed by atoms with Crippen molar-refractivity contribution in [2.24, 2.45) is 5.73 Å². The average Bonchev–Trinajstić information content (AvgIpc) is 2.30. The van der Waals surface area contributed by atoms with E-state index in [2.05, 4.69) is 15.2 Å². The number of carbonyl (C=O) groups is 1. The van der Waals surface area contributed by atoms with E-state index >= 15 is 0 Å². The molecule has 1 aromatic rings. The number of aromatic nitrogens is 1. The molecule has 2 rings (SSSR count). The summed E-state index contributed by atoms with van der Waals surface area (Å²) in [6.07, 6.45) is 1.62. The number of pyridine rings is 1. The predicted octanol–water partition coefficient (Wildman–Crippen LogP) is -0.410. The van der Waals surface area contributed by atoms with Crippen molar-refractivity contribution in [3.8, 4) is 0 Å². The monoisotopic (exact) mass is 206 g/mol. The Bertz CT molecular complexity index is 360. The third-order valence-electron chi connectivity index (χ3n) is 2.47. The molecule has 0 saturated carbocycles. The average molecular weight is 206 g/mol. The number of hydrogen-bond donors (Lipinski definition) is 2. The van der Waals surface area contributed by atoms with Crippen LogP contribution in [0, 0.1) is 0 Å². The number of anilines is 1. The number of nitrogens with zero attached hydrogens (tertiary/aromatic N) is 2. The summed E-state index contributed by atoms with van der Waals surface area (Å²) in [4.78, 5) is 17.4. The van der Waals surface area contributed by atoms with Crippen molar-refractivity contribution in [2.75, 3.05) is 31.1 Å². The van der Waals surface area contributed by atoms with Gasteiger partial charge in [0.15, 0.2) is 0 Å². The zero-order valence-corrected chi connectivity index (χ0v) is 8.44. The summed E-state index contributed by atoms with van der Waals surface area (Å²) in [5.41, 5.74) is 5.73. The number of piperazine rings is 1. The normalized spacial score (nSPS) is 16.4. The number of nitrogens with one attached hydrogen (secondary N) is 1. The van der Waals surface area contributed by atoms with Gasteiger partial charge in [-0.3, -0.25) is 4.79 Å². The number of primary amides is 1. The van der Waals surface area contributed by atoms with Crippen LogP contribution in [0.1, 0.15) is 10.4 Å². The van der Waals surface area contributed by atoms with Crippen LogP contribution in [0.5, 0.6) is 0 Å². The van der Waals surface area contributed by atoms with E-state index in [-0.39, 0.29) is 0 Å². The van der Waals surface area contributed by atoms with Gasteiger partial charge < -0.3 is 16.0 Å². The molecule has 0 radical (unpaired) electrons. The van der Waals surface area contributed by atoms with Crippen molar-refractivity contribution in [1.82, 2.24) is 10.3 Å². The van der Waals surface area contributed by atoms with E-state index in [1.54, 1.807) is 18.3 Å². The molecule has 0 spiro atoms. The van der Waals surface area contributed by atoms with Gasteiger partial charge in [0.05, 0.1) is 0 Å². The van der Waals surface area contributed by atoms with Crippen LogP contribution in [-0.2, 0) is 0 Å². The van der Waals surface area contributed by atoms with Crippen LogP contribution in [0.3, 0.4) is 0 Å². The topological polar surface area (TPSA) is 71.2 Å². The first kappa shape index (κ1) is 9.92. The third kappa shape index (κ3) is 2.24. The Morgan fingerprint density at radius 2 is 2.20 bits per heavy atom. The molecule has 0 aromatic carbocycles. The predicted molar refractivity (Wildman–Crippen MR) is 57.8 cm³/mol. The van der Waals surface area contributed by atoms with Crippen molar-refractivity contribution < 1.29 is 4.79 Å². The van der Waals surface area contributed by atoms with Gasteiger partial charge in [0.2, 0.25) is 5.91 Å². The standard InChI is InChI=1S/C10H14N4O/c11-10(15)8-1-2-13-9(7-8)14-5-3-12-4-6-14/h1-2,7,12H,3-6H2,(H2,11,15). The molecule has 15 heavy (non-hydrogen) atoms. The Kier molecular flexibility index (Phi) is 2.82. The molecule has 1 aliphatic heterocycles. The molecule has 5 heteroatoms. The molecule has 1 amide bonds. The van der Waals surface area contributed by atoms with E-state index in [4.69, 9.17) is 5.73 Å². The van der Waals surface area contributed by atoms with Crippen LogP contribution in [-0.4, -0.2) is 37.1 Å². The zero-order valence-electron chi connectivity index (χ0n) is 8.44. The highest BCUT2D eigenvalue weighted by Gasteiger charge is 2.12. The number of hydrogen-bond acceptors (Lipinski definition) is 4. The molecule has 5 nitrogen and oxygen atoms in total. The Hall–Kier alpha value is -1.62. The third-order valence-corrected chi connectivity index (χ3v) is 2.47. The lowest BCUT2D eigenvalue weighted by Crippen LogP contribution is -2.43. The number of carbonyl (C=O) groups excluding carboxylic acids is 1. The number of nitrogens with two attached hydrogens (primary N) is 1. The second-order valence-corrected chi connectivity index (χ2v) is 3.50. The summed E-state index contributed by atoms with van der Waals surface area (Å²) in [6.45, 7) is 3.72. The Balaban J connectivity index is 2.19. The lowest BCUT2D eigenvalue weighted by atomic mass is 10.2. The Morgan fingerprint density at radius 1 is 1.47 bits per heavy atom. The fourth-order valence-corrected chi connectivity index (χ4v) is 1.64. The van der Waals surface area contributed by atoms with Crippen molar-refractivity contribution >= 4 is 11.7 Å². The molecule has 0 unspecified atom stereocenters. The second-order valence-electron chi connectivity index (χ2n) is 3.50. The maximum absolute atomic E-state index is 11.0. The van der Waals surface area contributed by atoms with Crippen LogP contribution >= 0.6 is 0 Å². The molecule has 2 heterocycles. The van der Waals surface area contributed by atoms with Gasteiger partial charge in [0.25, 0.3) is 0 Å². The minimum absolute atomic E-state index is 0.409. The van der Waals surface area contributed by atoms with Crippen LogP contribution < -0.4 is 16.0 Å². The van der Waals surface area contributed by atoms with E-state index in [1.807, 2.05) is 0 Å². The van der Waals surface area contributed by atoms with E-state index in [1.165, 1.54) is 0 Å². The number of amides is 1. The van der Waals surface area contributed by atoms with E-state index in [0.29, 0.717) is 5.56 Å². The van der Waals surface area contributed by atoms with Crippen LogP contribution in [0.4, 0.5) is 5.82 Å². The largest absolute Gasteiger partial charge is 0.366 e. The smallest absolute Gasteiger partial charge is 0.248 e. The molecular weight excluding hydrogens is 192 g/mol. The van der Waals surface area contributed by atoms with Gasteiger partial charge in [0, 0.05) is 37.9 Å². The summed E-state index contributed by atoms with van der Waals surface area (Å²) < 4.78 is 0. The molecular formula is C10H14N4O. The van der Waals surface area contributed by atoms with Crippen molar-refractivity contribution in [3.63, 3.8) is 0 Å². The summed E-state index contributed by atoms with van der Waals surface area (Å²) in [5.74, 6) is 0.418. The van der Waals surface area contributed by atoms with Crippen LogP contribution in [0.2, 0.25) is 0 Å². The Morgan fingerprint density at radius 3 is 2.87 bits per heavy atom. The molecule has 0 bridgehead atoms. The number of rotatable bonds is 2. The lowest BCUT2D eigenvalue weighted by Gasteiger charge is -2.28. The summed E-state index contributed by atoms with van der Waals surface area (Å²) in [5, 5.41) is 3.26. The first-order valence-corrected chi connectivity index (χ1v) is 4.99. The fourth-order valence-electron chi connectivity index (χ4n) is 1.64. The molecule has 0 atom stereocenters. The lowest BCUT2D eigenvalue weighted by molar-refractivity contribution is 0.1000. The fraction of sp³-hybridized carbons (Fsp3) is 0.400. The minimum Gasteiger partial charge on any atom is -0.366 e. The van der Waals surface area contributed by atoms with Crippen LogP contribution in [0.25, 0.3) is 0 Å². The molecule has 3 N–H and O–H groups in total. The molecule has 80 valence electrons. The van der Waals surface area contributed by atoms with Crippen molar-refractivity contribution in [1.29, 1.82) is 0 Å². The molecule has 1 fully saturated rings. The summed E-state index contributed by atoms with van der Waals surface area (Å²) >= 11 is 0. The van der Waals surface area contributed by atoms with Crippen molar-refractivity contribution in [2.45, 2.75) is 0 Å². The van der Waals surface area contributed by atoms with Crippen LogP contribution in [0.15, 0.2) is 18.3 Å². The van der Waals surface area contributed by atoms with Gasteiger partial charge in [-0.05, 0) is 12.1 Å². The van der Waals surface area contributed by atoms with Gasteiger partial charge in [-0.25, -0.2) is 4.98 Å². The SMILES string of the molecule is NC(=O)c1ccnc(N2CCNCC2)c1. The molecule has 1 aliphatic rings. The second kappa shape index (κ2) is 4.27. The zero-order chi connectivity index (χ0) is 10.7. The first-order valence-electron chi connectivity index (χ1n) is 4.99. The Labute approximate surface area is 88.3 Å². The minimum atomic E-state index is -0.409. The molecule has 0 aliphatic carbocycles. The molecule has 1 saturated heterocycles. The van der Waals surface area contributed by atoms with Gasteiger partial charge in [-0.1, -0.05) is 0 Å². The van der Waals surface area contributed by atoms with Gasteiger partial charge in [-0.15, -0.1) is 0 Å². The van der Waals surface area contributed by atoms with Gasteiger partial charge in [-0.2, -0.15) is 0 Å².